The van der Waals surface area contributed by atoms with Crippen LogP contribution in [0, 0.1) is 5.41 Å². The van der Waals surface area contributed by atoms with Crippen LogP contribution < -0.4 is 0 Å². The molecule has 0 spiro atoms. The minimum atomic E-state index is -4.48. The summed E-state index contributed by atoms with van der Waals surface area (Å²) in [5.74, 6) is 0.195. The molecule has 3 heterocycles. The second-order valence-electron chi connectivity index (χ2n) is 9.46. The van der Waals surface area contributed by atoms with Crippen molar-refractivity contribution in [3.8, 4) is 11.4 Å². The van der Waals surface area contributed by atoms with Crippen LogP contribution in [0.1, 0.15) is 43.4 Å². The van der Waals surface area contributed by atoms with Crippen molar-refractivity contribution in [2.45, 2.75) is 38.1 Å². The lowest BCUT2D eigenvalue weighted by atomic mass is 9.62. The first kappa shape index (κ1) is 23.3. The molecule has 1 fully saturated rings. The standard InChI is InChI=1S/C23H25F3N4O3/c1-20(2,31)19-28-18(29-33-19)14-9-17(11-27-10-14)22(32,21(3)12-30(4)13-21)15-5-7-16(8-6-15)23(24,25)26/h5-11,31-32H,12-13H2,1-4H3/t22-/m0/s1. The van der Waals surface area contributed by atoms with Gasteiger partial charge in [0.2, 0.25) is 5.82 Å². The molecule has 2 aromatic heterocycles. The molecule has 1 atom stereocenters. The van der Waals surface area contributed by atoms with Crippen LogP contribution in [0.25, 0.3) is 11.4 Å². The molecule has 1 saturated heterocycles. The predicted molar refractivity (Wildman–Crippen MR) is 113 cm³/mol. The van der Waals surface area contributed by atoms with Gasteiger partial charge in [-0.15, -0.1) is 0 Å². The molecule has 7 nitrogen and oxygen atoms in total. The van der Waals surface area contributed by atoms with Crippen LogP contribution in [0.5, 0.6) is 0 Å². The molecule has 1 aliphatic rings. The minimum absolute atomic E-state index is 0.0217. The molecule has 33 heavy (non-hydrogen) atoms. The first-order chi connectivity index (χ1) is 15.2. The van der Waals surface area contributed by atoms with E-state index in [0.29, 0.717) is 29.8 Å². The summed E-state index contributed by atoms with van der Waals surface area (Å²) in [6, 6.07) is 6.20. The maximum atomic E-state index is 13.1. The fourth-order valence-corrected chi connectivity index (χ4v) is 4.49. The Hall–Kier alpha value is -2.82. The number of likely N-dealkylation sites (tertiary alicyclic amines) is 1. The van der Waals surface area contributed by atoms with Gasteiger partial charge in [-0.3, -0.25) is 4.98 Å². The SMILES string of the molecule is CN1CC(C)([C@](O)(c2ccc(C(F)(F)F)cc2)c2cncc(-c3noc(C(C)(C)O)n3)c2)C1. The van der Waals surface area contributed by atoms with Crippen LogP contribution >= 0.6 is 0 Å². The summed E-state index contributed by atoms with van der Waals surface area (Å²) in [6.07, 6.45) is -1.50. The number of aromatic nitrogens is 3. The summed E-state index contributed by atoms with van der Waals surface area (Å²) < 4.78 is 44.5. The molecule has 3 aromatic rings. The third-order valence-corrected chi connectivity index (χ3v) is 6.10. The van der Waals surface area contributed by atoms with Crippen molar-refractivity contribution in [3.05, 3.63) is 65.3 Å². The van der Waals surface area contributed by atoms with Crippen molar-refractivity contribution in [1.82, 2.24) is 20.0 Å². The number of pyridine rings is 1. The lowest BCUT2D eigenvalue weighted by Crippen LogP contribution is -2.63. The van der Waals surface area contributed by atoms with Crippen molar-refractivity contribution >= 4 is 0 Å². The highest BCUT2D eigenvalue weighted by Crippen LogP contribution is 2.50. The number of aliphatic hydroxyl groups is 2. The quantitative estimate of drug-likeness (QED) is 0.599. The van der Waals surface area contributed by atoms with Crippen molar-refractivity contribution < 1.29 is 27.9 Å². The van der Waals surface area contributed by atoms with Gasteiger partial charge in [-0.25, -0.2) is 0 Å². The molecule has 10 heteroatoms. The molecule has 0 radical (unpaired) electrons. The second-order valence-corrected chi connectivity index (χ2v) is 9.46. The number of nitrogens with zero attached hydrogens (tertiary/aromatic N) is 4. The van der Waals surface area contributed by atoms with E-state index < -0.39 is 28.4 Å². The molecule has 2 N–H and O–H groups in total. The third kappa shape index (κ3) is 4.03. The average Bonchev–Trinajstić information content (AvgIpc) is 3.22. The monoisotopic (exact) mass is 462 g/mol. The van der Waals surface area contributed by atoms with E-state index in [0.717, 1.165) is 12.1 Å². The Morgan fingerprint density at radius 1 is 1.00 bits per heavy atom. The van der Waals surface area contributed by atoms with Gasteiger partial charge >= 0.3 is 6.18 Å². The maximum Gasteiger partial charge on any atom is 0.416 e. The molecule has 176 valence electrons. The number of benzene rings is 1. The summed E-state index contributed by atoms with van der Waals surface area (Å²) in [5.41, 5.74) is -3.27. The van der Waals surface area contributed by atoms with Crippen LogP contribution in [0.15, 0.2) is 47.2 Å². The zero-order chi connectivity index (χ0) is 24.2. The van der Waals surface area contributed by atoms with Gasteiger partial charge in [-0.05, 0) is 44.7 Å². The first-order valence-corrected chi connectivity index (χ1v) is 10.4. The third-order valence-electron chi connectivity index (χ3n) is 6.10. The zero-order valence-corrected chi connectivity index (χ0v) is 18.7. The Bertz CT molecular complexity index is 1150. The van der Waals surface area contributed by atoms with Gasteiger partial charge in [-0.1, -0.05) is 24.2 Å². The van der Waals surface area contributed by atoms with Crippen molar-refractivity contribution in [2.75, 3.05) is 20.1 Å². The van der Waals surface area contributed by atoms with Gasteiger partial charge in [0.05, 0.1) is 5.56 Å². The van der Waals surface area contributed by atoms with E-state index >= 15 is 0 Å². The Morgan fingerprint density at radius 2 is 1.61 bits per heavy atom. The van der Waals surface area contributed by atoms with Crippen LogP contribution in [0.3, 0.4) is 0 Å². The topological polar surface area (TPSA) is 95.5 Å². The number of hydrogen-bond donors (Lipinski definition) is 2. The lowest BCUT2D eigenvalue weighted by molar-refractivity contribution is -0.138. The molecule has 0 aliphatic carbocycles. The van der Waals surface area contributed by atoms with Crippen molar-refractivity contribution in [1.29, 1.82) is 0 Å². The molecule has 1 aromatic carbocycles. The minimum Gasteiger partial charge on any atom is -0.381 e. The van der Waals surface area contributed by atoms with Gasteiger partial charge in [0.25, 0.3) is 5.89 Å². The molecule has 0 unspecified atom stereocenters. The summed E-state index contributed by atoms with van der Waals surface area (Å²) >= 11 is 0. The van der Waals surface area contributed by atoms with Gasteiger partial charge in [0.1, 0.15) is 11.2 Å². The Morgan fingerprint density at radius 3 is 2.12 bits per heavy atom. The summed E-state index contributed by atoms with van der Waals surface area (Å²) in [6.45, 7) is 5.96. The zero-order valence-electron chi connectivity index (χ0n) is 18.7. The van der Waals surface area contributed by atoms with Crippen LogP contribution in [0.4, 0.5) is 13.2 Å². The fraction of sp³-hybridized carbons (Fsp3) is 0.435. The predicted octanol–water partition coefficient (Wildman–Crippen LogP) is 3.57. The molecule has 4 rings (SSSR count). The summed E-state index contributed by atoms with van der Waals surface area (Å²) in [4.78, 5) is 10.5. The highest BCUT2D eigenvalue weighted by Gasteiger charge is 2.55. The second kappa shape index (κ2) is 7.61. The van der Waals surface area contributed by atoms with E-state index in [1.54, 1.807) is 6.07 Å². The van der Waals surface area contributed by atoms with Gasteiger partial charge < -0.3 is 19.6 Å². The maximum absolute atomic E-state index is 13.1. The van der Waals surface area contributed by atoms with E-state index in [2.05, 4.69) is 15.1 Å². The van der Waals surface area contributed by atoms with E-state index in [9.17, 15) is 23.4 Å². The molecule has 0 amide bonds. The highest BCUT2D eigenvalue weighted by atomic mass is 19.4. The van der Waals surface area contributed by atoms with E-state index in [-0.39, 0.29) is 11.7 Å². The number of halogens is 3. The van der Waals surface area contributed by atoms with Gasteiger partial charge in [0.15, 0.2) is 0 Å². The number of rotatable bonds is 5. The van der Waals surface area contributed by atoms with Crippen LogP contribution in [-0.4, -0.2) is 50.4 Å². The van der Waals surface area contributed by atoms with Crippen LogP contribution in [0.2, 0.25) is 0 Å². The fourth-order valence-electron chi connectivity index (χ4n) is 4.49. The average molecular weight is 462 g/mol. The number of hydrogen-bond acceptors (Lipinski definition) is 7. The smallest absolute Gasteiger partial charge is 0.381 e. The van der Waals surface area contributed by atoms with E-state index in [4.69, 9.17) is 4.52 Å². The Labute approximate surface area is 188 Å². The summed E-state index contributed by atoms with van der Waals surface area (Å²) in [5, 5.41) is 26.1. The van der Waals surface area contributed by atoms with Gasteiger partial charge in [0, 0.05) is 42.0 Å². The van der Waals surface area contributed by atoms with Crippen LogP contribution in [-0.2, 0) is 17.4 Å². The molecular formula is C23H25F3N4O3. The molecule has 1 aliphatic heterocycles. The van der Waals surface area contributed by atoms with E-state index in [1.807, 2.05) is 18.9 Å². The van der Waals surface area contributed by atoms with Crippen molar-refractivity contribution in [2.24, 2.45) is 5.41 Å². The Kier molecular flexibility index (Phi) is 5.38. The van der Waals surface area contributed by atoms with E-state index in [1.165, 1.54) is 38.4 Å². The Balaban J connectivity index is 1.81. The summed E-state index contributed by atoms with van der Waals surface area (Å²) in [7, 11) is 1.90. The van der Waals surface area contributed by atoms with Crippen molar-refractivity contribution in [3.63, 3.8) is 0 Å². The lowest BCUT2D eigenvalue weighted by Gasteiger charge is -2.55. The number of alkyl halides is 3. The molecule has 0 saturated carbocycles. The normalized spacial score (nSPS) is 18.6. The van der Waals surface area contributed by atoms with Gasteiger partial charge in [-0.2, -0.15) is 18.2 Å². The molecular weight excluding hydrogens is 437 g/mol. The molecule has 0 bridgehead atoms. The largest absolute Gasteiger partial charge is 0.416 e. The first-order valence-electron chi connectivity index (χ1n) is 10.4. The highest BCUT2D eigenvalue weighted by molar-refractivity contribution is 5.56.